The van der Waals surface area contributed by atoms with Gasteiger partial charge in [-0.2, -0.15) is 13.2 Å². The van der Waals surface area contributed by atoms with Gasteiger partial charge >= 0.3 is 12.1 Å². The predicted molar refractivity (Wildman–Crippen MR) is 78.9 cm³/mol. The summed E-state index contributed by atoms with van der Waals surface area (Å²) in [4.78, 5) is 23.0. The van der Waals surface area contributed by atoms with Crippen LogP contribution in [0, 0.1) is 5.92 Å². The van der Waals surface area contributed by atoms with E-state index in [1.54, 1.807) is 20.8 Å². The Labute approximate surface area is 132 Å². The number of carbonyl (C=O) groups excluding carboxylic acids is 1. The van der Waals surface area contributed by atoms with Crippen molar-refractivity contribution in [2.24, 2.45) is 5.92 Å². The Morgan fingerprint density at radius 3 is 2.04 bits per heavy atom. The number of rotatable bonds is 6. The Kier molecular flexibility index (Phi) is 6.18. The van der Waals surface area contributed by atoms with E-state index >= 15 is 0 Å². The van der Waals surface area contributed by atoms with E-state index in [0.717, 1.165) is 12.1 Å². The topological polar surface area (TPSA) is 66.4 Å². The Balaban J connectivity index is 2.70. The molecule has 0 aliphatic carbocycles. The van der Waals surface area contributed by atoms with Crippen LogP contribution in [0.5, 0.6) is 0 Å². The maximum Gasteiger partial charge on any atom is 0.416 e. The van der Waals surface area contributed by atoms with Crippen molar-refractivity contribution in [2.75, 3.05) is 0 Å². The molecule has 4 nitrogen and oxygen atoms in total. The molecule has 2 atom stereocenters. The van der Waals surface area contributed by atoms with E-state index in [9.17, 15) is 22.8 Å². The summed E-state index contributed by atoms with van der Waals surface area (Å²) in [5.74, 6) is -2.15. The van der Waals surface area contributed by atoms with Gasteiger partial charge in [0.1, 0.15) is 6.04 Å². The number of amides is 1. The van der Waals surface area contributed by atoms with Gasteiger partial charge in [-0.05, 0) is 29.5 Å². The van der Waals surface area contributed by atoms with Gasteiger partial charge in [-0.15, -0.1) is 0 Å². The number of alkyl halides is 3. The van der Waals surface area contributed by atoms with E-state index in [4.69, 9.17) is 5.11 Å². The van der Waals surface area contributed by atoms with Crippen LogP contribution >= 0.6 is 0 Å². The summed E-state index contributed by atoms with van der Waals surface area (Å²) >= 11 is 0. The van der Waals surface area contributed by atoms with Crippen LogP contribution in [0.3, 0.4) is 0 Å². The number of aliphatic carboxylic acids is 1. The monoisotopic (exact) mass is 331 g/mol. The van der Waals surface area contributed by atoms with Gasteiger partial charge in [-0.25, -0.2) is 4.79 Å². The lowest BCUT2D eigenvalue weighted by Gasteiger charge is -2.19. The number of halogens is 3. The zero-order valence-corrected chi connectivity index (χ0v) is 13.1. The van der Waals surface area contributed by atoms with Gasteiger partial charge < -0.3 is 10.4 Å². The molecule has 0 spiro atoms. The van der Waals surface area contributed by atoms with Crippen molar-refractivity contribution >= 4 is 11.9 Å². The minimum Gasteiger partial charge on any atom is -0.480 e. The molecule has 0 saturated heterocycles. The van der Waals surface area contributed by atoms with Crippen molar-refractivity contribution in [2.45, 2.75) is 45.3 Å². The molecule has 2 unspecified atom stereocenters. The summed E-state index contributed by atoms with van der Waals surface area (Å²) in [6.45, 7) is 5.06. The molecule has 0 aromatic heterocycles. The van der Waals surface area contributed by atoms with Crippen molar-refractivity contribution in [3.8, 4) is 0 Å². The number of carboxylic acid groups (broad SMARTS) is 1. The first-order valence-corrected chi connectivity index (χ1v) is 7.21. The SMILES string of the molecule is CC(CC(=O)NC(C(=O)O)C(C)C)c1ccc(C(F)(F)F)cc1. The summed E-state index contributed by atoms with van der Waals surface area (Å²) in [6.07, 6.45) is -4.40. The van der Waals surface area contributed by atoms with E-state index in [1.165, 1.54) is 12.1 Å². The molecule has 1 amide bonds. The fourth-order valence-electron chi connectivity index (χ4n) is 2.14. The van der Waals surface area contributed by atoms with Gasteiger partial charge in [0.2, 0.25) is 5.91 Å². The molecule has 0 saturated carbocycles. The summed E-state index contributed by atoms with van der Waals surface area (Å²) in [5.41, 5.74) is -0.159. The number of hydrogen-bond acceptors (Lipinski definition) is 2. The Morgan fingerprint density at radius 1 is 1.13 bits per heavy atom. The molecule has 7 heteroatoms. The molecule has 0 bridgehead atoms. The highest BCUT2D eigenvalue weighted by molar-refractivity contribution is 5.84. The van der Waals surface area contributed by atoms with Crippen LogP contribution in [0.25, 0.3) is 0 Å². The first-order valence-electron chi connectivity index (χ1n) is 7.21. The van der Waals surface area contributed by atoms with Gasteiger partial charge in [-0.1, -0.05) is 32.9 Å². The largest absolute Gasteiger partial charge is 0.480 e. The molecule has 0 aliphatic rings. The zero-order chi connectivity index (χ0) is 17.8. The first kappa shape index (κ1) is 19.0. The van der Waals surface area contributed by atoms with E-state index in [-0.39, 0.29) is 18.3 Å². The van der Waals surface area contributed by atoms with Gasteiger partial charge in [0, 0.05) is 6.42 Å². The second kappa shape index (κ2) is 7.48. The fraction of sp³-hybridized carbons (Fsp3) is 0.500. The van der Waals surface area contributed by atoms with Crippen LogP contribution in [0.2, 0.25) is 0 Å². The number of carboxylic acids is 1. The molecule has 0 radical (unpaired) electrons. The normalized spacial score (nSPS) is 14.4. The zero-order valence-electron chi connectivity index (χ0n) is 13.1. The summed E-state index contributed by atoms with van der Waals surface area (Å²) in [6, 6.07) is 3.62. The van der Waals surface area contributed by atoms with Crippen LogP contribution in [0.4, 0.5) is 13.2 Å². The minimum atomic E-state index is -4.40. The van der Waals surface area contributed by atoms with E-state index in [2.05, 4.69) is 5.32 Å². The second-order valence-corrected chi connectivity index (χ2v) is 5.85. The van der Waals surface area contributed by atoms with Gasteiger partial charge in [0.05, 0.1) is 5.56 Å². The molecule has 0 aliphatic heterocycles. The van der Waals surface area contributed by atoms with Gasteiger partial charge in [0.15, 0.2) is 0 Å². The predicted octanol–water partition coefficient (Wildman–Crippen LogP) is 3.42. The van der Waals surface area contributed by atoms with Crippen LogP contribution < -0.4 is 5.32 Å². The lowest BCUT2D eigenvalue weighted by Crippen LogP contribution is -2.44. The fourth-order valence-corrected chi connectivity index (χ4v) is 2.14. The first-order chi connectivity index (χ1) is 10.5. The third-order valence-electron chi connectivity index (χ3n) is 3.55. The molecular formula is C16H20F3NO3. The molecule has 1 aromatic carbocycles. The second-order valence-electron chi connectivity index (χ2n) is 5.85. The van der Waals surface area contributed by atoms with Crippen LogP contribution in [0.15, 0.2) is 24.3 Å². The van der Waals surface area contributed by atoms with E-state index < -0.39 is 29.7 Å². The van der Waals surface area contributed by atoms with Crippen molar-refractivity contribution in [3.63, 3.8) is 0 Å². The minimum absolute atomic E-state index is 0.00185. The van der Waals surface area contributed by atoms with Gasteiger partial charge in [-0.3, -0.25) is 4.79 Å². The molecule has 2 N–H and O–H groups in total. The third kappa shape index (κ3) is 5.58. The molecular weight excluding hydrogens is 311 g/mol. The number of carbonyl (C=O) groups is 2. The molecule has 1 rings (SSSR count). The molecule has 0 fully saturated rings. The Hall–Kier alpha value is -2.05. The maximum atomic E-state index is 12.5. The van der Waals surface area contributed by atoms with Gasteiger partial charge in [0.25, 0.3) is 0 Å². The highest BCUT2D eigenvalue weighted by Crippen LogP contribution is 2.30. The third-order valence-corrected chi connectivity index (χ3v) is 3.55. The van der Waals surface area contributed by atoms with E-state index in [1.807, 2.05) is 0 Å². The Bertz CT molecular complexity index is 553. The average Bonchev–Trinajstić information content (AvgIpc) is 2.43. The molecule has 0 heterocycles. The smallest absolute Gasteiger partial charge is 0.416 e. The summed E-state index contributed by atoms with van der Waals surface area (Å²) in [5, 5.41) is 11.5. The standard InChI is InChI=1S/C16H20F3NO3/c1-9(2)14(15(22)23)20-13(21)8-10(3)11-4-6-12(7-5-11)16(17,18)19/h4-7,9-10,14H,8H2,1-3H3,(H,20,21)(H,22,23). The highest BCUT2D eigenvalue weighted by atomic mass is 19.4. The molecule has 128 valence electrons. The number of hydrogen-bond donors (Lipinski definition) is 2. The Morgan fingerprint density at radius 2 is 1.65 bits per heavy atom. The van der Waals surface area contributed by atoms with E-state index in [0.29, 0.717) is 5.56 Å². The summed E-state index contributed by atoms with van der Waals surface area (Å²) < 4.78 is 37.5. The number of nitrogens with one attached hydrogen (secondary N) is 1. The maximum absolute atomic E-state index is 12.5. The quantitative estimate of drug-likeness (QED) is 0.839. The summed E-state index contributed by atoms with van der Waals surface area (Å²) in [7, 11) is 0. The highest BCUT2D eigenvalue weighted by Gasteiger charge is 2.30. The average molecular weight is 331 g/mol. The lowest BCUT2D eigenvalue weighted by molar-refractivity contribution is -0.143. The van der Waals surface area contributed by atoms with Crippen LogP contribution in [-0.2, 0) is 15.8 Å². The lowest BCUT2D eigenvalue weighted by atomic mass is 9.95. The van der Waals surface area contributed by atoms with Crippen LogP contribution in [-0.4, -0.2) is 23.0 Å². The number of benzene rings is 1. The van der Waals surface area contributed by atoms with Crippen molar-refractivity contribution in [1.29, 1.82) is 0 Å². The van der Waals surface area contributed by atoms with Crippen molar-refractivity contribution in [1.82, 2.24) is 5.32 Å². The molecule has 1 aromatic rings. The van der Waals surface area contributed by atoms with Crippen molar-refractivity contribution < 1.29 is 27.9 Å². The van der Waals surface area contributed by atoms with Crippen molar-refractivity contribution in [3.05, 3.63) is 35.4 Å². The molecule has 23 heavy (non-hydrogen) atoms. The van der Waals surface area contributed by atoms with Crippen LogP contribution in [0.1, 0.15) is 44.2 Å².